The van der Waals surface area contributed by atoms with Gasteiger partial charge in [-0.05, 0) is 18.2 Å². The molecule has 1 aromatic heterocycles. The van der Waals surface area contributed by atoms with Gasteiger partial charge in [-0.25, -0.2) is 4.98 Å². The van der Waals surface area contributed by atoms with Crippen LogP contribution in [0.4, 0.5) is 0 Å². The van der Waals surface area contributed by atoms with Crippen molar-refractivity contribution < 1.29 is 27.2 Å². The van der Waals surface area contributed by atoms with Crippen LogP contribution >= 0.6 is 0 Å². The van der Waals surface area contributed by atoms with E-state index in [1.807, 2.05) is 24.3 Å². The Labute approximate surface area is 80.7 Å². The molecule has 63 valence electrons. The monoisotopic (exact) mass is 209 g/mol. The summed E-state index contributed by atoms with van der Waals surface area (Å²) < 4.78 is 0. The van der Waals surface area contributed by atoms with Crippen LogP contribution in [0.25, 0.3) is 10.9 Å². The molecule has 0 aliphatic rings. The molecule has 0 atom stereocenters. The van der Waals surface area contributed by atoms with Crippen molar-refractivity contribution in [3.63, 3.8) is 0 Å². The summed E-state index contributed by atoms with van der Waals surface area (Å²) in [6, 6.07) is 9.29. The molecule has 1 aromatic carbocycles. The second-order valence-corrected chi connectivity index (χ2v) is 2.41. The number of phenols is 1. The van der Waals surface area contributed by atoms with Gasteiger partial charge in [-0.2, -0.15) is 0 Å². The van der Waals surface area contributed by atoms with E-state index in [9.17, 15) is 5.11 Å². The van der Waals surface area contributed by atoms with Crippen LogP contribution in [0.1, 0.15) is 0 Å². The molecule has 1 heterocycles. The Morgan fingerprint density at radius 2 is 1.83 bits per heavy atom. The van der Waals surface area contributed by atoms with Crippen LogP contribution in [0, 0.1) is 0 Å². The van der Waals surface area contributed by atoms with E-state index in [1.54, 1.807) is 12.3 Å². The summed E-state index contributed by atoms with van der Waals surface area (Å²) in [6.45, 7) is 0. The molecule has 2 N–H and O–H groups in total. The van der Waals surface area contributed by atoms with Crippen molar-refractivity contribution in [3.05, 3.63) is 36.5 Å². The average Bonchev–Trinajstić information content (AvgIpc) is 2.06. The Morgan fingerprint density at radius 1 is 1.08 bits per heavy atom. The molecule has 0 saturated carbocycles. The van der Waals surface area contributed by atoms with E-state index in [-0.39, 0.29) is 17.1 Å². The van der Waals surface area contributed by atoms with Crippen molar-refractivity contribution in [2.24, 2.45) is 0 Å². The summed E-state index contributed by atoms with van der Waals surface area (Å²) in [5.41, 5.74) is 0.787. The molecular weight excluding hydrogens is 202 g/mol. The number of nitrogens with one attached hydrogen (secondary N) is 1. The summed E-state index contributed by atoms with van der Waals surface area (Å²) >= 11 is 0. The minimum absolute atomic E-state index is 0. The molecule has 0 aliphatic carbocycles. The largest absolute Gasteiger partial charge is 2.00 e. The number of para-hydroxylation sites is 1. The van der Waals surface area contributed by atoms with E-state index in [0.29, 0.717) is 5.75 Å². The number of pyridine rings is 1. The third-order valence-corrected chi connectivity index (χ3v) is 1.67. The Morgan fingerprint density at radius 3 is 2.58 bits per heavy atom. The molecular formula is C9H8CuNO+3. The summed E-state index contributed by atoms with van der Waals surface area (Å²) in [5, 5.41) is 10.4. The maximum Gasteiger partial charge on any atom is 2.00 e. The van der Waals surface area contributed by atoms with Crippen molar-refractivity contribution in [2.45, 2.75) is 0 Å². The van der Waals surface area contributed by atoms with Gasteiger partial charge in [0.25, 0.3) is 5.52 Å². The average molecular weight is 210 g/mol. The van der Waals surface area contributed by atoms with E-state index in [4.69, 9.17) is 0 Å². The third-order valence-electron chi connectivity index (χ3n) is 1.67. The molecule has 0 aliphatic heterocycles. The Bertz CT molecular complexity index is 384. The minimum Gasteiger partial charge on any atom is -0.502 e. The van der Waals surface area contributed by atoms with Gasteiger partial charge in [-0.3, -0.25) is 0 Å². The van der Waals surface area contributed by atoms with Crippen molar-refractivity contribution in [3.8, 4) is 5.75 Å². The molecule has 2 nitrogen and oxygen atoms in total. The fraction of sp³-hybridized carbons (Fsp3) is 0. The van der Waals surface area contributed by atoms with Crippen molar-refractivity contribution in [2.75, 3.05) is 0 Å². The van der Waals surface area contributed by atoms with E-state index in [1.165, 1.54) is 0 Å². The van der Waals surface area contributed by atoms with Gasteiger partial charge in [0.2, 0.25) is 0 Å². The molecule has 12 heavy (non-hydrogen) atoms. The van der Waals surface area contributed by atoms with Gasteiger partial charge in [0.05, 0.1) is 5.39 Å². The molecule has 0 amide bonds. The maximum absolute atomic E-state index is 9.34. The number of aromatic amines is 1. The van der Waals surface area contributed by atoms with E-state index < -0.39 is 0 Å². The number of hydrogen-bond donors (Lipinski definition) is 1. The summed E-state index contributed by atoms with van der Waals surface area (Å²) in [4.78, 5) is 2.97. The number of aromatic hydroxyl groups is 1. The Balaban J connectivity index is 0.000000720. The number of rotatable bonds is 0. The first kappa shape index (κ1) is 9.04. The number of hydrogen-bond acceptors (Lipinski definition) is 1. The number of fused-ring (bicyclic) bond motifs is 1. The topological polar surface area (TPSA) is 34.4 Å². The fourth-order valence-corrected chi connectivity index (χ4v) is 1.14. The van der Waals surface area contributed by atoms with Crippen LogP contribution in [-0.2, 0) is 17.1 Å². The third kappa shape index (κ3) is 1.42. The number of benzene rings is 1. The minimum atomic E-state index is 0. The van der Waals surface area contributed by atoms with Crippen LogP contribution in [0.2, 0.25) is 0 Å². The van der Waals surface area contributed by atoms with Gasteiger partial charge in [-0.15, -0.1) is 0 Å². The number of aromatic nitrogens is 1. The van der Waals surface area contributed by atoms with E-state index >= 15 is 0 Å². The molecule has 0 fully saturated rings. The van der Waals surface area contributed by atoms with E-state index in [2.05, 4.69) is 4.98 Å². The van der Waals surface area contributed by atoms with Crippen LogP contribution in [-0.4, -0.2) is 5.11 Å². The van der Waals surface area contributed by atoms with Crippen molar-refractivity contribution >= 4 is 10.9 Å². The summed E-state index contributed by atoms with van der Waals surface area (Å²) in [7, 11) is 0. The summed E-state index contributed by atoms with van der Waals surface area (Å²) in [5.74, 6) is 0.295. The molecule has 1 radical (unpaired) electrons. The quantitative estimate of drug-likeness (QED) is 0.654. The molecule has 0 bridgehead atoms. The van der Waals surface area contributed by atoms with Gasteiger partial charge in [0.15, 0.2) is 11.9 Å². The first-order valence-electron chi connectivity index (χ1n) is 3.46. The zero-order chi connectivity index (χ0) is 7.68. The van der Waals surface area contributed by atoms with Crippen LogP contribution in [0.3, 0.4) is 0 Å². The van der Waals surface area contributed by atoms with Gasteiger partial charge >= 0.3 is 17.1 Å². The van der Waals surface area contributed by atoms with Crippen molar-refractivity contribution in [1.82, 2.24) is 0 Å². The zero-order valence-electron chi connectivity index (χ0n) is 6.21. The fourth-order valence-electron chi connectivity index (χ4n) is 1.14. The van der Waals surface area contributed by atoms with Crippen LogP contribution in [0.15, 0.2) is 36.5 Å². The van der Waals surface area contributed by atoms with E-state index in [0.717, 1.165) is 10.9 Å². The molecule has 0 spiro atoms. The SMILES string of the molecule is Oc1cccc2ccc[nH+]c12.[Cu+2]. The molecule has 2 aromatic rings. The van der Waals surface area contributed by atoms with Gasteiger partial charge < -0.3 is 5.11 Å². The molecule has 0 saturated heterocycles. The first-order chi connectivity index (χ1) is 5.38. The van der Waals surface area contributed by atoms with Crippen molar-refractivity contribution in [1.29, 1.82) is 0 Å². The normalized spacial score (nSPS) is 9.33. The number of phenolic OH excluding ortho intramolecular Hbond substituents is 1. The predicted octanol–water partition coefficient (Wildman–Crippen LogP) is 1.36. The van der Waals surface area contributed by atoms with Gasteiger partial charge in [0, 0.05) is 6.07 Å². The standard InChI is InChI=1S/C9H7NO.Cu/c11-8-5-1-3-7-4-2-6-10-9(7)8;/h1-6,11H;/q;+2/p+1. The van der Waals surface area contributed by atoms with Crippen LogP contribution in [0.5, 0.6) is 5.75 Å². The molecule has 3 heteroatoms. The second kappa shape index (κ2) is 3.57. The summed E-state index contributed by atoms with van der Waals surface area (Å²) in [6.07, 6.45) is 1.79. The predicted molar refractivity (Wildman–Crippen MR) is 42.2 cm³/mol. The van der Waals surface area contributed by atoms with Gasteiger partial charge in [0.1, 0.15) is 0 Å². The van der Waals surface area contributed by atoms with Crippen LogP contribution < -0.4 is 4.98 Å². The molecule has 0 unspecified atom stereocenters. The zero-order valence-corrected chi connectivity index (χ0v) is 7.15. The second-order valence-electron chi connectivity index (χ2n) is 2.41. The maximum atomic E-state index is 9.34. The molecule has 2 rings (SSSR count). The van der Waals surface area contributed by atoms with Gasteiger partial charge in [-0.1, -0.05) is 6.07 Å². The Kier molecular flexibility index (Phi) is 2.69. The number of H-pyrrole nitrogens is 1. The Hall–Kier alpha value is -1.05. The first-order valence-corrected chi connectivity index (χ1v) is 3.46. The smallest absolute Gasteiger partial charge is 0.502 e.